The molecule has 19 heavy (non-hydrogen) atoms. The Morgan fingerprint density at radius 2 is 1.95 bits per heavy atom. The number of halogens is 1. The second-order valence-corrected chi connectivity index (χ2v) is 5.85. The first-order chi connectivity index (χ1) is 8.73. The molecule has 1 aromatic rings. The van der Waals surface area contributed by atoms with Crippen molar-refractivity contribution in [2.45, 2.75) is 40.3 Å². The maximum Gasteiger partial charge on any atom is 0.163 e. The number of nitrogens with zero attached hydrogens (tertiary/aromatic N) is 1. The first-order valence-corrected chi connectivity index (χ1v) is 6.84. The highest BCUT2D eigenvalue weighted by Gasteiger charge is 2.18. The Hall–Kier alpha value is -1.06. The third kappa shape index (κ3) is 3.95. The van der Waals surface area contributed by atoms with Gasteiger partial charge in [-0.1, -0.05) is 25.4 Å². The van der Waals surface area contributed by atoms with Gasteiger partial charge in [0.15, 0.2) is 5.78 Å². The Morgan fingerprint density at radius 3 is 2.42 bits per heavy atom. The van der Waals surface area contributed by atoms with Gasteiger partial charge in [-0.3, -0.25) is 9.69 Å². The lowest BCUT2D eigenvalue weighted by molar-refractivity contribution is 0.101. The lowest BCUT2D eigenvalue weighted by Crippen LogP contribution is -2.32. The number of aromatic hydroxyl groups is 1. The van der Waals surface area contributed by atoms with Crippen molar-refractivity contribution < 1.29 is 9.90 Å². The SMILES string of the molecule is CC(=O)c1cc(Cl)cc(CN(C)C(C)C(C)C)c1O. The number of hydrogen-bond acceptors (Lipinski definition) is 3. The van der Waals surface area contributed by atoms with E-state index in [-0.39, 0.29) is 17.1 Å². The minimum atomic E-state index is -0.180. The van der Waals surface area contributed by atoms with Gasteiger partial charge in [0.05, 0.1) is 5.56 Å². The highest BCUT2D eigenvalue weighted by molar-refractivity contribution is 6.31. The summed E-state index contributed by atoms with van der Waals surface area (Å²) in [5.74, 6) is 0.374. The van der Waals surface area contributed by atoms with Crippen LogP contribution < -0.4 is 0 Å². The first-order valence-electron chi connectivity index (χ1n) is 6.46. The molecule has 1 unspecified atom stereocenters. The zero-order valence-corrected chi connectivity index (χ0v) is 13.0. The van der Waals surface area contributed by atoms with Gasteiger partial charge in [-0.15, -0.1) is 0 Å². The molecule has 3 nitrogen and oxygen atoms in total. The molecule has 4 heteroatoms. The topological polar surface area (TPSA) is 40.5 Å². The van der Waals surface area contributed by atoms with E-state index in [0.717, 1.165) is 0 Å². The van der Waals surface area contributed by atoms with Crippen LogP contribution in [0.3, 0.4) is 0 Å². The molecule has 1 rings (SSSR count). The quantitative estimate of drug-likeness (QED) is 0.837. The van der Waals surface area contributed by atoms with Crippen LogP contribution in [0.25, 0.3) is 0 Å². The molecule has 0 bridgehead atoms. The van der Waals surface area contributed by atoms with Crippen LogP contribution >= 0.6 is 11.6 Å². The first kappa shape index (κ1) is 16.0. The third-order valence-electron chi connectivity index (χ3n) is 3.61. The van der Waals surface area contributed by atoms with Gasteiger partial charge >= 0.3 is 0 Å². The second-order valence-electron chi connectivity index (χ2n) is 5.42. The molecule has 0 saturated carbocycles. The number of carbonyl (C=O) groups excluding carboxylic acids is 1. The molecule has 1 N–H and O–H groups in total. The molecule has 0 fully saturated rings. The van der Waals surface area contributed by atoms with E-state index < -0.39 is 0 Å². The van der Waals surface area contributed by atoms with Crippen molar-refractivity contribution in [1.29, 1.82) is 0 Å². The van der Waals surface area contributed by atoms with Crippen LogP contribution in [0.2, 0.25) is 5.02 Å². The van der Waals surface area contributed by atoms with Gasteiger partial charge in [-0.25, -0.2) is 0 Å². The van der Waals surface area contributed by atoms with Crippen LogP contribution in [-0.4, -0.2) is 28.9 Å². The summed E-state index contributed by atoms with van der Waals surface area (Å²) in [7, 11) is 2.00. The van der Waals surface area contributed by atoms with Gasteiger partial charge < -0.3 is 5.11 Å². The van der Waals surface area contributed by atoms with Crippen molar-refractivity contribution in [3.8, 4) is 5.75 Å². The van der Waals surface area contributed by atoms with Gasteiger partial charge in [0.2, 0.25) is 0 Å². The van der Waals surface area contributed by atoms with Gasteiger partial charge in [0.25, 0.3) is 0 Å². The average Bonchev–Trinajstić information content (AvgIpc) is 2.31. The Balaban J connectivity index is 3.05. The third-order valence-corrected chi connectivity index (χ3v) is 3.83. The Morgan fingerprint density at radius 1 is 1.37 bits per heavy atom. The molecule has 0 spiro atoms. The molecular weight excluding hydrogens is 262 g/mol. The fraction of sp³-hybridized carbons (Fsp3) is 0.533. The van der Waals surface area contributed by atoms with Crippen LogP contribution in [0.4, 0.5) is 0 Å². The Kier molecular flexibility index (Phi) is 5.39. The molecule has 1 aromatic carbocycles. The van der Waals surface area contributed by atoms with E-state index in [4.69, 9.17) is 11.6 Å². The van der Waals surface area contributed by atoms with Crippen LogP contribution in [0, 0.1) is 5.92 Å². The van der Waals surface area contributed by atoms with Crippen molar-refractivity contribution in [3.63, 3.8) is 0 Å². The summed E-state index contributed by atoms with van der Waals surface area (Å²) in [6.07, 6.45) is 0. The van der Waals surface area contributed by atoms with E-state index in [1.54, 1.807) is 6.07 Å². The van der Waals surface area contributed by atoms with Crippen molar-refractivity contribution >= 4 is 17.4 Å². The zero-order chi connectivity index (χ0) is 14.7. The summed E-state index contributed by atoms with van der Waals surface area (Å²) in [6.45, 7) is 8.43. The smallest absolute Gasteiger partial charge is 0.163 e. The lowest BCUT2D eigenvalue weighted by Gasteiger charge is -2.28. The maximum atomic E-state index is 11.5. The van der Waals surface area contributed by atoms with E-state index in [0.29, 0.717) is 29.1 Å². The van der Waals surface area contributed by atoms with Gasteiger partial charge in [0, 0.05) is 23.2 Å². The molecule has 1 atom stereocenters. The highest BCUT2D eigenvalue weighted by atomic mass is 35.5. The van der Waals surface area contributed by atoms with Crippen LogP contribution in [0.15, 0.2) is 12.1 Å². The number of phenolic OH excluding ortho intramolecular Hbond substituents is 1. The van der Waals surface area contributed by atoms with Crippen LogP contribution in [0.1, 0.15) is 43.6 Å². The number of Topliss-reactive ketones (excluding diaryl/α,β-unsaturated/α-hetero) is 1. The van der Waals surface area contributed by atoms with E-state index in [1.807, 2.05) is 7.05 Å². The average molecular weight is 284 g/mol. The summed E-state index contributed by atoms with van der Waals surface area (Å²) in [5.41, 5.74) is 0.973. The monoisotopic (exact) mass is 283 g/mol. The Labute approximate surface area is 120 Å². The molecule has 0 amide bonds. The normalized spacial score (nSPS) is 13.1. The molecule has 0 heterocycles. The number of rotatable bonds is 5. The molecular formula is C15H22ClNO2. The molecule has 0 aliphatic heterocycles. The minimum Gasteiger partial charge on any atom is -0.507 e. The van der Waals surface area contributed by atoms with Crippen LogP contribution in [0.5, 0.6) is 5.75 Å². The van der Waals surface area contributed by atoms with Gasteiger partial charge in [-0.2, -0.15) is 0 Å². The van der Waals surface area contributed by atoms with Crippen molar-refractivity contribution in [3.05, 3.63) is 28.3 Å². The number of hydrogen-bond donors (Lipinski definition) is 1. The van der Waals surface area contributed by atoms with E-state index in [1.165, 1.54) is 13.0 Å². The van der Waals surface area contributed by atoms with E-state index >= 15 is 0 Å². The summed E-state index contributed by atoms with van der Waals surface area (Å²) in [4.78, 5) is 13.6. The second kappa shape index (κ2) is 6.40. The lowest BCUT2D eigenvalue weighted by atomic mass is 10.0. The number of carbonyl (C=O) groups is 1. The van der Waals surface area contributed by atoms with Gasteiger partial charge in [0.1, 0.15) is 5.75 Å². The summed E-state index contributed by atoms with van der Waals surface area (Å²) >= 11 is 6.01. The molecule has 0 aliphatic rings. The zero-order valence-electron chi connectivity index (χ0n) is 12.2. The summed E-state index contributed by atoms with van der Waals surface area (Å²) in [5, 5.41) is 10.6. The highest BCUT2D eigenvalue weighted by Crippen LogP contribution is 2.29. The van der Waals surface area contributed by atoms with E-state index in [2.05, 4.69) is 25.7 Å². The maximum absolute atomic E-state index is 11.5. The standard InChI is InChI=1S/C15H22ClNO2/c1-9(2)10(3)17(5)8-12-6-13(16)7-14(11(4)18)15(12)19/h6-7,9-10,19H,8H2,1-5H3. The van der Waals surface area contributed by atoms with Gasteiger partial charge in [-0.05, 0) is 38.9 Å². The minimum absolute atomic E-state index is 0.0414. The number of ketones is 1. The van der Waals surface area contributed by atoms with E-state index in [9.17, 15) is 9.90 Å². The van der Waals surface area contributed by atoms with Crippen molar-refractivity contribution in [2.75, 3.05) is 7.05 Å². The summed E-state index contributed by atoms with van der Waals surface area (Å²) in [6, 6.07) is 3.60. The molecule has 0 radical (unpaired) electrons. The van der Waals surface area contributed by atoms with Crippen molar-refractivity contribution in [2.24, 2.45) is 5.92 Å². The molecule has 0 aliphatic carbocycles. The van der Waals surface area contributed by atoms with Crippen molar-refractivity contribution in [1.82, 2.24) is 4.90 Å². The fourth-order valence-electron chi connectivity index (χ4n) is 1.97. The summed E-state index contributed by atoms with van der Waals surface area (Å²) < 4.78 is 0. The molecule has 106 valence electrons. The predicted molar refractivity (Wildman–Crippen MR) is 78.9 cm³/mol. The largest absolute Gasteiger partial charge is 0.507 e. The Bertz CT molecular complexity index is 471. The number of phenols is 1. The fourth-order valence-corrected chi connectivity index (χ4v) is 2.21. The predicted octanol–water partition coefficient (Wildman–Crippen LogP) is 3.72. The number of benzene rings is 1. The van der Waals surface area contributed by atoms with Crippen LogP contribution in [-0.2, 0) is 6.54 Å². The molecule has 0 aromatic heterocycles. The molecule has 0 saturated heterocycles.